The Bertz CT molecular complexity index is 1250. The molecule has 6 nitrogen and oxygen atoms in total. The molecule has 0 radical (unpaired) electrons. The van der Waals surface area contributed by atoms with Gasteiger partial charge in [0.25, 0.3) is 0 Å². The molecule has 31 heavy (non-hydrogen) atoms. The number of aromatic nitrogens is 4. The van der Waals surface area contributed by atoms with Gasteiger partial charge in [-0.25, -0.2) is 15.0 Å². The molecule has 1 saturated heterocycles. The maximum atomic E-state index is 6.56. The Labute approximate surface area is 194 Å². The normalized spacial score (nSPS) is 16.8. The van der Waals surface area contributed by atoms with E-state index in [-0.39, 0.29) is 6.04 Å². The third-order valence-corrected chi connectivity index (χ3v) is 6.24. The molecule has 158 valence electrons. The Morgan fingerprint density at radius 1 is 0.968 bits per heavy atom. The second-order valence-electron chi connectivity index (χ2n) is 7.59. The van der Waals surface area contributed by atoms with E-state index in [1.165, 1.54) is 0 Å². The molecule has 2 aromatic carbocycles. The van der Waals surface area contributed by atoms with Gasteiger partial charge in [0.2, 0.25) is 0 Å². The topological polar surface area (TPSA) is 72.9 Å². The van der Waals surface area contributed by atoms with Crippen LogP contribution >= 0.6 is 34.8 Å². The van der Waals surface area contributed by atoms with Crippen molar-refractivity contribution >= 4 is 51.8 Å². The summed E-state index contributed by atoms with van der Waals surface area (Å²) in [5.41, 5.74) is 9.23. The van der Waals surface area contributed by atoms with Gasteiger partial charge in [0.1, 0.15) is 12.2 Å². The molecule has 0 spiro atoms. The Morgan fingerprint density at radius 2 is 1.74 bits per heavy atom. The number of piperidine rings is 1. The fourth-order valence-corrected chi connectivity index (χ4v) is 4.62. The number of imidazole rings is 1. The average Bonchev–Trinajstić information content (AvgIpc) is 3.13. The number of hydrogen-bond donors (Lipinski definition) is 1. The first-order valence-electron chi connectivity index (χ1n) is 9.96. The van der Waals surface area contributed by atoms with Crippen molar-refractivity contribution in [3.63, 3.8) is 0 Å². The second kappa shape index (κ2) is 8.28. The van der Waals surface area contributed by atoms with Crippen molar-refractivity contribution in [3.05, 3.63) is 63.9 Å². The van der Waals surface area contributed by atoms with E-state index in [2.05, 4.69) is 14.9 Å². The summed E-state index contributed by atoms with van der Waals surface area (Å²) in [5, 5.41) is 1.72. The number of anilines is 1. The molecule has 3 heterocycles. The molecule has 0 aliphatic carbocycles. The lowest BCUT2D eigenvalue weighted by Crippen LogP contribution is -2.43. The van der Waals surface area contributed by atoms with Gasteiger partial charge in [-0.1, -0.05) is 34.8 Å². The summed E-state index contributed by atoms with van der Waals surface area (Å²) < 4.78 is 1.97. The van der Waals surface area contributed by atoms with Gasteiger partial charge in [-0.15, -0.1) is 0 Å². The molecule has 0 bridgehead atoms. The van der Waals surface area contributed by atoms with Crippen LogP contribution in [-0.2, 0) is 0 Å². The van der Waals surface area contributed by atoms with Gasteiger partial charge in [-0.05, 0) is 55.3 Å². The highest BCUT2D eigenvalue weighted by Crippen LogP contribution is 2.36. The summed E-state index contributed by atoms with van der Waals surface area (Å²) in [6, 6.07) is 13.0. The van der Waals surface area contributed by atoms with E-state index in [0.717, 1.165) is 43.0 Å². The van der Waals surface area contributed by atoms with Gasteiger partial charge >= 0.3 is 0 Å². The average molecular weight is 474 g/mol. The molecule has 1 atom stereocenters. The van der Waals surface area contributed by atoms with E-state index >= 15 is 0 Å². The van der Waals surface area contributed by atoms with Crippen LogP contribution in [0, 0.1) is 0 Å². The maximum absolute atomic E-state index is 6.56. The van der Waals surface area contributed by atoms with E-state index in [0.29, 0.717) is 32.1 Å². The minimum Gasteiger partial charge on any atom is -0.353 e. The maximum Gasteiger partial charge on any atom is 0.170 e. The minimum atomic E-state index is 0.113. The molecule has 5 rings (SSSR count). The van der Waals surface area contributed by atoms with E-state index in [1.54, 1.807) is 18.5 Å². The zero-order chi connectivity index (χ0) is 21.5. The van der Waals surface area contributed by atoms with Crippen LogP contribution < -0.4 is 10.6 Å². The molecule has 1 aliphatic rings. The highest BCUT2D eigenvalue weighted by atomic mass is 35.5. The van der Waals surface area contributed by atoms with E-state index < -0.39 is 0 Å². The minimum absolute atomic E-state index is 0.113. The molecular weight excluding hydrogens is 455 g/mol. The lowest BCUT2D eigenvalue weighted by Gasteiger charge is -2.31. The SMILES string of the molecule is NC1CCCN(c2ncnc3c2nc(-c2ccc(Cl)cc2Cl)n3-c2ccc(Cl)cc2)C1. The summed E-state index contributed by atoms with van der Waals surface area (Å²) in [5.74, 6) is 1.43. The van der Waals surface area contributed by atoms with Crippen LogP contribution in [0.5, 0.6) is 0 Å². The summed E-state index contributed by atoms with van der Waals surface area (Å²) in [7, 11) is 0. The van der Waals surface area contributed by atoms with Gasteiger partial charge in [0.15, 0.2) is 17.0 Å². The first-order valence-corrected chi connectivity index (χ1v) is 11.1. The van der Waals surface area contributed by atoms with Crippen LogP contribution in [0.1, 0.15) is 12.8 Å². The smallest absolute Gasteiger partial charge is 0.170 e. The quantitative estimate of drug-likeness (QED) is 0.433. The van der Waals surface area contributed by atoms with Crippen molar-refractivity contribution in [2.45, 2.75) is 18.9 Å². The van der Waals surface area contributed by atoms with E-state index in [4.69, 9.17) is 45.5 Å². The van der Waals surface area contributed by atoms with Crippen LogP contribution in [-0.4, -0.2) is 38.7 Å². The summed E-state index contributed by atoms with van der Waals surface area (Å²) in [6.07, 6.45) is 3.59. The van der Waals surface area contributed by atoms with E-state index in [9.17, 15) is 0 Å². The first kappa shape index (κ1) is 20.5. The van der Waals surface area contributed by atoms with Crippen LogP contribution in [0.25, 0.3) is 28.2 Å². The molecule has 1 aliphatic heterocycles. The highest BCUT2D eigenvalue weighted by molar-refractivity contribution is 6.36. The lowest BCUT2D eigenvalue weighted by molar-refractivity contribution is 0.504. The predicted molar refractivity (Wildman–Crippen MR) is 127 cm³/mol. The molecule has 0 saturated carbocycles. The van der Waals surface area contributed by atoms with Crippen molar-refractivity contribution in [1.82, 2.24) is 19.5 Å². The fraction of sp³-hybridized carbons (Fsp3) is 0.227. The lowest BCUT2D eigenvalue weighted by atomic mass is 10.1. The van der Waals surface area contributed by atoms with Crippen molar-refractivity contribution in [2.24, 2.45) is 5.73 Å². The Kier molecular flexibility index (Phi) is 5.48. The molecule has 0 amide bonds. The molecule has 2 aromatic heterocycles. The highest BCUT2D eigenvalue weighted by Gasteiger charge is 2.25. The molecule has 4 aromatic rings. The monoisotopic (exact) mass is 472 g/mol. The van der Waals surface area contributed by atoms with Crippen molar-refractivity contribution in [2.75, 3.05) is 18.0 Å². The summed E-state index contributed by atoms with van der Waals surface area (Å²) >= 11 is 18.8. The number of halogens is 3. The zero-order valence-electron chi connectivity index (χ0n) is 16.5. The first-order chi connectivity index (χ1) is 15.0. The summed E-state index contributed by atoms with van der Waals surface area (Å²) in [4.78, 5) is 16.3. The second-order valence-corrected chi connectivity index (χ2v) is 8.87. The van der Waals surface area contributed by atoms with Gasteiger partial charge in [0.05, 0.1) is 5.02 Å². The Hall–Kier alpha value is -2.38. The summed E-state index contributed by atoms with van der Waals surface area (Å²) in [6.45, 7) is 1.61. The molecule has 1 fully saturated rings. The van der Waals surface area contributed by atoms with Crippen molar-refractivity contribution in [1.29, 1.82) is 0 Å². The van der Waals surface area contributed by atoms with Crippen LogP contribution in [0.4, 0.5) is 5.82 Å². The molecule has 2 N–H and O–H groups in total. The van der Waals surface area contributed by atoms with Gasteiger partial charge < -0.3 is 10.6 Å². The number of benzene rings is 2. The molecular formula is C22H19Cl3N6. The van der Waals surface area contributed by atoms with Crippen LogP contribution in [0.3, 0.4) is 0 Å². The number of nitrogens with two attached hydrogens (primary N) is 1. The predicted octanol–water partition coefficient (Wildman–Crippen LogP) is 5.37. The van der Waals surface area contributed by atoms with Crippen LogP contribution in [0.2, 0.25) is 15.1 Å². The standard InChI is InChI=1S/C22H19Cl3N6/c23-13-3-6-16(7-4-13)31-20(17-8-5-14(24)10-18(17)25)29-19-21(27-12-28-22(19)31)30-9-1-2-15(26)11-30/h3-8,10,12,15H,1-2,9,11,26H2. The third kappa shape index (κ3) is 3.85. The third-order valence-electron chi connectivity index (χ3n) is 5.44. The van der Waals surface area contributed by atoms with Crippen LogP contribution in [0.15, 0.2) is 48.8 Å². The Morgan fingerprint density at radius 3 is 2.48 bits per heavy atom. The van der Waals surface area contributed by atoms with Gasteiger partial charge in [-0.3, -0.25) is 4.57 Å². The number of fused-ring (bicyclic) bond motifs is 1. The van der Waals surface area contributed by atoms with E-state index in [1.807, 2.05) is 34.9 Å². The number of rotatable bonds is 3. The van der Waals surface area contributed by atoms with Crippen molar-refractivity contribution in [3.8, 4) is 17.1 Å². The number of hydrogen-bond acceptors (Lipinski definition) is 5. The van der Waals surface area contributed by atoms with Gasteiger partial charge in [-0.2, -0.15) is 0 Å². The van der Waals surface area contributed by atoms with Crippen molar-refractivity contribution < 1.29 is 0 Å². The molecule has 1 unspecified atom stereocenters. The largest absolute Gasteiger partial charge is 0.353 e. The van der Waals surface area contributed by atoms with Gasteiger partial charge in [0, 0.05) is 40.4 Å². The fourth-order valence-electron chi connectivity index (χ4n) is 4.00. The molecule has 9 heteroatoms. The Balaban J connectivity index is 1.77. The number of nitrogens with zero attached hydrogens (tertiary/aromatic N) is 5. The zero-order valence-corrected chi connectivity index (χ0v) is 18.7.